The molecule has 180 valence electrons. The van der Waals surface area contributed by atoms with Gasteiger partial charge in [0.15, 0.2) is 0 Å². The fraction of sp³-hybridized carbons (Fsp3) is 0.630. The van der Waals surface area contributed by atoms with Gasteiger partial charge in [0.1, 0.15) is 6.17 Å². The van der Waals surface area contributed by atoms with Crippen LogP contribution in [0.4, 0.5) is 5.69 Å². The van der Waals surface area contributed by atoms with Crippen LogP contribution in [-0.2, 0) is 0 Å². The van der Waals surface area contributed by atoms with Gasteiger partial charge < -0.3 is 15.1 Å². The van der Waals surface area contributed by atoms with Crippen molar-refractivity contribution >= 4 is 29.4 Å². The second kappa shape index (κ2) is 11.6. The molecule has 0 aromatic carbocycles. The third-order valence-electron chi connectivity index (χ3n) is 7.53. The number of carbonyl (C=O) groups excluding carboxylic acids is 1. The number of carbonyl (C=O) groups is 1. The molecule has 0 radical (unpaired) electrons. The Morgan fingerprint density at radius 3 is 2.67 bits per heavy atom. The molecular weight excluding hydrogens is 428 g/mol. The summed E-state index contributed by atoms with van der Waals surface area (Å²) in [6.07, 6.45) is 16.1. The van der Waals surface area contributed by atoms with Gasteiger partial charge in [-0.05, 0) is 69.4 Å². The Labute approximate surface area is 204 Å². The Morgan fingerprint density at radius 2 is 1.97 bits per heavy atom. The molecule has 0 spiro atoms. The van der Waals surface area contributed by atoms with Crippen molar-refractivity contribution in [1.29, 1.82) is 0 Å². The summed E-state index contributed by atoms with van der Waals surface area (Å²) < 4.78 is 0. The Balaban J connectivity index is 1.53. The number of aromatic nitrogens is 1. The predicted octanol–water partition coefficient (Wildman–Crippen LogP) is 5.26. The van der Waals surface area contributed by atoms with Crippen LogP contribution < -0.4 is 10.2 Å². The lowest BCUT2D eigenvalue weighted by Gasteiger charge is -2.47. The van der Waals surface area contributed by atoms with Crippen LogP contribution in [0.15, 0.2) is 24.9 Å². The number of hydrogen-bond donors (Lipinski definition) is 1. The first-order valence-electron chi connectivity index (χ1n) is 12.8. The van der Waals surface area contributed by atoms with Gasteiger partial charge in [0.25, 0.3) is 5.91 Å². The third-order valence-corrected chi connectivity index (χ3v) is 8.58. The molecule has 6 heteroatoms. The number of pyridine rings is 1. The zero-order valence-corrected chi connectivity index (χ0v) is 21.2. The van der Waals surface area contributed by atoms with Crippen molar-refractivity contribution in [3.8, 4) is 0 Å². The Hall–Kier alpha value is -1.79. The molecule has 4 rings (SSSR count). The van der Waals surface area contributed by atoms with Crippen molar-refractivity contribution in [3.05, 3.63) is 41.7 Å². The summed E-state index contributed by atoms with van der Waals surface area (Å²) in [6, 6.07) is 0.431. The zero-order valence-electron chi connectivity index (χ0n) is 20.4. The first-order valence-corrected chi connectivity index (χ1v) is 14.0. The van der Waals surface area contributed by atoms with E-state index in [0.717, 1.165) is 61.6 Å². The molecule has 3 aliphatic rings. The predicted molar refractivity (Wildman–Crippen MR) is 141 cm³/mol. The number of thioether (sulfide) groups is 1. The number of amides is 1. The molecule has 1 unspecified atom stereocenters. The standard InChI is InChI=1S/C27H40N4OS/c1-4-6-8-23-20(3)28-19-24-26(23)31(25(7-5-2)29-27(24)32)22-10-15-30(16-11-22)14-9-21-12-17-33-18-13-21/h4,6,8,19,21-22,25H,1,5,7,9-18H2,2-3H3,(H,29,32)/b8-6-. The smallest absolute Gasteiger partial charge is 0.256 e. The number of likely N-dealkylation sites (tertiary alicyclic amines) is 1. The maximum Gasteiger partial charge on any atom is 0.256 e. The zero-order chi connectivity index (χ0) is 23.2. The summed E-state index contributed by atoms with van der Waals surface area (Å²) >= 11 is 2.12. The molecule has 0 aliphatic carbocycles. The van der Waals surface area contributed by atoms with Crippen molar-refractivity contribution in [2.24, 2.45) is 5.92 Å². The first-order chi connectivity index (χ1) is 16.1. The van der Waals surface area contributed by atoms with Gasteiger partial charge in [-0.2, -0.15) is 11.8 Å². The molecule has 0 saturated carbocycles. The number of rotatable bonds is 8. The van der Waals surface area contributed by atoms with Gasteiger partial charge in [-0.25, -0.2) is 0 Å². The molecule has 0 bridgehead atoms. The maximum absolute atomic E-state index is 13.0. The highest BCUT2D eigenvalue weighted by Crippen LogP contribution is 2.37. The molecular formula is C27H40N4OS. The summed E-state index contributed by atoms with van der Waals surface area (Å²) in [5, 5.41) is 3.29. The minimum atomic E-state index is 0.00327. The number of anilines is 1. The van der Waals surface area contributed by atoms with E-state index in [-0.39, 0.29) is 12.1 Å². The van der Waals surface area contributed by atoms with E-state index >= 15 is 0 Å². The minimum absolute atomic E-state index is 0.00327. The van der Waals surface area contributed by atoms with Crippen molar-refractivity contribution in [2.45, 2.75) is 71.0 Å². The van der Waals surface area contributed by atoms with Crippen LogP contribution in [0.1, 0.15) is 73.5 Å². The number of hydrogen-bond acceptors (Lipinski definition) is 5. The summed E-state index contributed by atoms with van der Waals surface area (Å²) in [5.41, 5.74) is 3.79. The highest BCUT2D eigenvalue weighted by Gasteiger charge is 2.38. The lowest BCUT2D eigenvalue weighted by atomic mass is 9.94. The van der Waals surface area contributed by atoms with Crippen molar-refractivity contribution in [1.82, 2.24) is 15.2 Å². The Morgan fingerprint density at radius 1 is 1.21 bits per heavy atom. The molecule has 1 aromatic heterocycles. The lowest BCUT2D eigenvalue weighted by molar-refractivity contribution is 0.0915. The third kappa shape index (κ3) is 5.65. The number of fused-ring (bicyclic) bond motifs is 1. The average molecular weight is 469 g/mol. The number of allylic oxidation sites excluding steroid dienone is 2. The van der Waals surface area contributed by atoms with Gasteiger partial charge in [-0.3, -0.25) is 9.78 Å². The molecule has 4 heterocycles. The monoisotopic (exact) mass is 468 g/mol. The van der Waals surface area contributed by atoms with Gasteiger partial charge >= 0.3 is 0 Å². The lowest BCUT2D eigenvalue weighted by Crippen LogP contribution is -2.59. The topological polar surface area (TPSA) is 48.5 Å². The van der Waals surface area contributed by atoms with E-state index in [1.807, 2.05) is 13.0 Å². The number of aryl methyl sites for hydroxylation is 1. The van der Waals surface area contributed by atoms with Crippen molar-refractivity contribution < 1.29 is 4.79 Å². The van der Waals surface area contributed by atoms with Gasteiger partial charge in [0.05, 0.1) is 11.3 Å². The summed E-state index contributed by atoms with van der Waals surface area (Å²) in [6.45, 7) is 11.6. The van der Waals surface area contributed by atoms with E-state index in [1.54, 1.807) is 12.3 Å². The van der Waals surface area contributed by atoms with E-state index in [2.05, 4.69) is 51.4 Å². The molecule has 2 fully saturated rings. The largest absolute Gasteiger partial charge is 0.347 e. The van der Waals surface area contributed by atoms with Crippen LogP contribution in [0.3, 0.4) is 0 Å². The molecule has 3 aliphatic heterocycles. The van der Waals surface area contributed by atoms with Crippen LogP contribution in [0.5, 0.6) is 0 Å². The van der Waals surface area contributed by atoms with Gasteiger partial charge in [-0.15, -0.1) is 0 Å². The SMILES string of the molecule is C=C/C=C\c1c(C)ncc2c1N(C1CCN(CCC3CCSCC3)CC1)C(CCC)NC2=O. The van der Waals surface area contributed by atoms with Crippen LogP contribution >= 0.6 is 11.8 Å². The molecule has 1 amide bonds. The Kier molecular flexibility index (Phi) is 8.53. The average Bonchev–Trinajstić information content (AvgIpc) is 2.84. The highest BCUT2D eigenvalue weighted by molar-refractivity contribution is 7.99. The molecule has 1 aromatic rings. The van der Waals surface area contributed by atoms with Crippen LogP contribution in [0.25, 0.3) is 6.08 Å². The molecule has 1 atom stereocenters. The minimum Gasteiger partial charge on any atom is -0.347 e. The number of nitrogens with zero attached hydrogens (tertiary/aromatic N) is 3. The second-order valence-corrected chi connectivity index (χ2v) is 10.9. The van der Waals surface area contributed by atoms with Gasteiger partial charge in [0.2, 0.25) is 0 Å². The van der Waals surface area contributed by atoms with Crippen LogP contribution in [0.2, 0.25) is 0 Å². The van der Waals surface area contributed by atoms with Crippen molar-refractivity contribution in [2.75, 3.05) is 36.0 Å². The summed E-state index contributed by atoms with van der Waals surface area (Å²) in [7, 11) is 0. The van der Waals surface area contributed by atoms with Gasteiger partial charge in [-0.1, -0.05) is 38.2 Å². The fourth-order valence-electron chi connectivity index (χ4n) is 5.61. The second-order valence-electron chi connectivity index (χ2n) is 9.72. The van der Waals surface area contributed by atoms with Crippen LogP contribution in [0, 0.1) is 12.8 Å². The molecule has 1 N–H and O–H groups in total. The van der Waals surface area contributed by atoms with Gasteiger partial charge in [0, 0.05) is 36.6 Å². The molecule has 33 heavy (non-hydrogen) atoms. The highest BCUT2D eigenvalue weighted by atomic mass is 32.2. The van der Waals surface area contributed by atoms with Crippen LogP contribution in [-0.4, -0.2) is 59.1 Å². The normalized spacial score (nSPS) is 23.0. The van der Waals surface area contributed by atoms with E-state index in [4.69, 9.17) is 0 Å². The quantitative estimate of drug-likeness (QED) is 0.527. The van der Waals surface area contributed by atoms with Crippen molar-refractivity contribution in [3.63, 3.8) is 0 Å². The fourth-order valence-corrected chi connectivity index (χ4v) is 6.82. The van der Waals surface area contributed by atoms with E-state index in [0.29, 0.717) is 11.6 Å². The van der Waals surface area contributed by atoms with E-state index < -0.39 is 0 Å². The number of piperidine rings is 1. The van der Waals surface area contributed by atoms with E-state index in [1.165, 1.54) is 37.3 Å². The number of nitrogens with one attached hydrogen (secondary N) is 1. The first kappa shape index (κ1) is 24.3. The van der Waals surface area contributed by atoms with E-state index in [9.17, 15) is 4.79 Å². The molecule has 2 saturated heterocycles. The Bertz CT molecular complexity index is 856. The summed E-state index contributed by atoms with van der Waals surface area (Å²) in [4.78, 5) is 22.7. The molecule has 5 nitrogen and oxygen atoms in total. The maximum atomic E-state index is 13.0. The summed E-state index contributed by atoms with van der Waals surface area (Å²) in [5.74, 6) is 3.63.